The average Bonchev–Trinajstić information content (AvgIpc) is 3.10. The van der Waals surface area contributed by atoms with Gasteiger partial charge in [-0.15, -0.1) is 0 Å². The van der Waals surface area contributed by atoms with Crippen LogP contribution in [0.5, 0.6) is 0 Å². The molecule has 0 saturated heterocycles. The second-order valence-corrected chi connectivity index (χ2v) is 4.39. The van der Waals surface area contributed by atoms with Gasteiger partial charge < -0.3 is 9.73 Å². The molecule has 0 aliphatic carbocycles. The highest BCUT2D eigenvalue weighted by Gasteiger charge is 2.10. The zero-order valence-corrected chi connectivity index (χ0v) is 10.6. The number of aromatic amines is 2. The molecule has 0 radical (unpaired) electrons. The number of hydrogen-bond donors (Lipinski definition) is 3. The first-order chi connectivity index (χ1) is 9.33. The molecular weight excluding hydrogens is 242 g/mol. The molecule has 0 bridgehead atoms. The second-order valence-electron chi connectivity index (χ2n) is 4.39. The summed E-state index contributed by atoms with van der Waals surface area (Å²) >= 11 is 0. The lowest BCUT2D eigenvalue weighted by Gasteiger charge is -2.02. The summed E-state index contributed by atoms with van der Waals surface area (Å²) in [7, 11) is 0. The van der Waals surface area contributed by atoms with Crippen molar-refractivity contribution in [1.82, 2.24) is 25.7 Å². The van der Waals surface area contributed by atoms with Crippen LogP contribution in [0.1, 0.15) is 16.9 Å². The fourth-order valence-corrected chi connectivity index (χ4v) is 1.94. The Hall–Kier alpha value is -2.34. The fourth-order valence-electron chi connectivity index (χ4n) is 1.94. The van der Waals surface area contributed by atoms with Gasteiger partial charge in [-0.25, -0.2) is 0 Å². The molecule has 6 nitrogen and oxygen atoms in total. The third-order valence-corrected chi connectivity index (χ3v) is 2.90. The molecule has 0 saturated carbocycles. The van der Waals surface area contributed by atoms with Crippen LogP contribution in [-0.2, 0) is 13.1 Å². The van der Waals surface area contributed by atoms with Gasteiger partial charge in [-0.1, -0.05) is 0 Å². The smallest absolute Gasteiger partial charge is 0.152 e. The summed E-state index contributed by atoms with van der Waals surface area (Å²) in [5.74, 6) is 1.71. The first-order valence-corrected chi connectivity index (χ1v) is 6.10. The molecule has 19 heavy (non-hydrogen) atoms. The largest absolute Gasteiger partial charge is 0.460 e. The van der Waals surface area contributed by atoms with Crippen LogP contribution in [0.2, 0.25) is 0 Å². The van der Waals surface area contributed by atoms with Crippen LogP contribution in [-0.4, -0.2) is 20.4 Å². The number of nitrogens with zero attached hydrogens (tertiary/aromatic N) is 2. The first-order valence-electron chi connectivity index (χ1n) is 6.10. The minimum atomic E-state index is 0.719. The van der Waals surface area contributed by atoms with E-state index in [-0.39, 0.29) is 0 Å². The van der Waals surface area contributed by atoms with E-state index in [1.165, 1.54) is 0 Å². The van der Waals surface area contributed by atoms with Crippen molar-refractivity contribution in [3.05, 3.63) is 47.6 Å². The summed E-state index contributed by atoms with van der Waals surface area (Å²) in [5, 5.41) is 17.1. The van der Waals surface area contributed by atoms with Crippen molar-refractivity contribution in [1.29, 1.82) is 0 Å². The number of nitrogens with one attached hydrogen (secondary N) is 3. The minimum absolute atomic E-state index is 0.719. The number of hydrogen-bond acceptors (Lipinski definition) is 4. The van der Waals surface area contributed by atoms with Crippen molar-refractivity contribution in [2.24, 2.45) is 0 Å². The number of aryl methyl sites for hydroxylation is 1. The molecule has 0 amide bonds. The molecule has 6 heteroatoms. The minimum Gasteiger partial charge on any atom is -0.460 e. The van der Waals surface area contributed by atoms with Crippen LogP contribution in [0.15, 0.2) is 35.1 Å². The molecule has 0 fully saturated rings. The van der Waals surface area contributed by atoms with Gasteiger partial charge in [0.1, 0.15) is 11.5 Å². The summed E-state index contributed by atoms with van der Waals surface area (Å²) in [6.07, 6.45) is 5.49. The Morgan fingerprint density at radius 1 is 1.21 bits per heavy atom. The number of H-pyrrole nitrogens is 2. The molecule has 0 spiro atoms. The Morgan fingerprint density at radius 3 is 2.89 bits per heavy atom. The van der Waals surface area contributed by atoms with Crippen LogP contribution < -0.4 is 5.32 Å². The van der Waals surface area contributed by atoms with Crippen LogP contribution in [0, 0.1) is 6.92 Å². The molecule has 0 aromatic carbocycles. The van der Waals surface area contributed by atoms with Gasteiger partial charge in [0.2, 0.25) is 0 Å². The lowest BCUT2D eigenvalue weighted by atomic mass is 10.2. The van der Waals surface area contributed by atoms with Crippen molar-refractivity contribution in [3.63, 3.8) is 0 Å². The second kappa shape index (κ2) is 5.11. The van der Waals surface area contributed by atoms with E-state index in [4.69, 9.17) is 4.42 Å². The normalized spacial score (nSPS) is 11.0. The summed E-state index contributed by atoms with van der Waals surface area (Å²) in [6, 6.07) is 3.89. The number of furan rings is 1. The van der Waals surface area contributed by atoms with Crippen molar-refractivity contribution in [2.45, 2.75) is 20.0 Å². The van der Waals surface area contributed by atoms with E-state index in [0.717, 1.165) is 41.4 Å². The molecule has 3 N–H and O–H groups in total. The Balaban J connectivity index is 1.67. The van der Waals surface area contributed by atoms with Crippen molar-refractivity contribution in [3.8, 4) is 11.5 Å². The third-order valence-electron chi connectivity index (χ3n) is 2.90. The highest BCUT2D eigenvalue weighted by molar-refractivity contribution is 5.56. The summed E-state index contributed by atoms with van der Waals surface area (Å²) in [4.78, 5) is 0. The van der Waals surface area contributed by atoms with E-state index in [2.05, 4.69) is 25.7 Å². The summed E-state index contributed by atoms with van der Waals surface area (Å²) < 4.78 is 5.61. The van der Waals surface area contributed by atoms with Crippen molar-refractivity contribution < 1.29 is 4.42 Å². The average molecular weight is 257 g/mol. The molecule has 3 rings (SSSR count). The quantitative estimate of drug-likeness (QED) is 0.652. The van der Waals surface area contributed by atoms with Crippen LogP contribution in [0.25, 0.3) is 11.5 Å². The van der Waals surface area contributed by atoms with Gasteiger partial charge in [-0.3, -0.25) is 10.2 Å². The third kappa shape index (κ3) is 2.58. The standard InChI is InChI=1S/C13H15N5O/c1-9-2-3-12(19-9)13-11(8-17-18-13)7-14-4-10-5-15-16-6-10/h2-3,5-6,8,14H,4,7H2,1H3,(H,15,16)(H,17,18). The van der Waals surface area contributed by atoms with Gasteiger partial charge in [0.25, 0.3) is 0 Å². The van der Waals surface area contributed by atoms with E-state index in [9.17, 15) is 0 Å². The van der Waals surface area contributed by atoms with E-state index < -0.39 is 0 Å². The maximum absolute atomic E-state index is 5.61. The van der Waals surface area contributed by atoms with Crippen LogP contribution >= 0.6 is 0 Å². The lowest BCUT2D eigenvalue weighted by Crippen LogP contribution is -2.12. The summed E-state index contributed by atoms with van der Waals surface area (Å²) in [6.45, 7) is 3.41. The molecule has 98 valence electrons. The molecule has 3 heterocycles. The van der Waals surface area contributed by atoms with Gasteiger partial charge in [0.15, 0.2) is 5.76 Å². The molecule has 0 atom stereocenters. The monoisotopic (exact) mass is 257 g/mol. The van der Waals surface area contributed by atoms with Gasteiger partial charge in [-0.2, -0.15) is 10.2 Å². The predicted octanol–water partition coefficient (Wildman–Crippen LogP) is 1.99. The Morgan fingerprint density at radius 2 is 2.16 bits per heavy atom. The van der Waals surface area contributed by atoms with Gasteiger partial charge in [-0.05, 0) is 19.1 Å². The zero-order chi connectivity index (χ0) is 13.1. The fraction of sp³-hybridized carbons (Fsp3) is 0.231. The highest BCUT2D eigenvalue weighted by atomic mass is 16.3. The maximum Gasteiger partial charge on any atom is 0.152 e. The lowest BCUT2D eigenvalue weighted by molar-refractivity contribution is 0.545. The van der Waals surface area contributed by atoms with E-state index in [0.29, 0.717) is 0 Å². The van der Waals surface area contributed by atoms with E-state index in [1.54, 1.807) is 6.20 Å². The Kier molecular flexibility index (Phi) is 3.16. The Bertz CT molecular complexity index is 638. The van der Waals surface area contributed by atoms with Crippen LogP contribution in [0.4, 0.5) is 0 Å². The van der Waals surface area contributed by atoms with Crippen LogP contribution in [0.3, 0.4) is 0 Å². The predicted molar refractivity (Wildman–Crippen MR) is 70.2 cm³/mol. The van der Waals surface area contributed by atoms with Gasteiger partial charge in [0.05, 0.1) is 12.4 Å². The SMILES string of the molecule is Cc1ccc(-c2[nH]ncc2CNCc2cn[nH]c2)o1. The van der Waals surface area contributed by atoms with Gasteiger partial charge >= 0.3 is 0 Å². The topological polar surface area (TPSA) is 82.5 Å². The molecule has 0 unspecified atom stereocenters. The Labute approximate surface area is 110 Å². The highest BCUT2D eigenvalue weighted by Crippen LogP contribution is 2.23. The maximum atomic E-state index is 5.61. The molecule has 0 aliphatic heterocycles. The van der Waals surface area contributed by atoms with Crippen molar-refractivity contribution in [2.75, 3.05) is 0 Å². The zero-order valence-electron chi connectivity index (χ0n) is 10.6. The molecule has 0 aliphatic rings. The van der Waals surface area contributed by atoms with E-state index >= 15 is 0 Å². The molecule has 3 aromatic heterocycles. The summed E-state index contributed by atoms with van der Waals surface area (Å²) in [5.41, 5.74) is 3.13. The molecule has 3 aromatic rings. The number of rotatable bonds is 5. The number of aromatic nitrogens is 4. The van der Waals surface area contributed by atoms with Gasteiger partial charge in [0, 0.05) is 30.4 Å². The first kappa shape index (κ1) is 11.7. The van der Waals surface area contributed by atoms with Crippen molar-refractivity contribution >= 4 is 0 Å². The van der Waals surface area contributed by atoms with E-state index in [1.807, 2.05) is 31.5 Å². The molecular formula is C13H15N5O.